The zero-order valence-electron chi connectivity index (χ0n) is 13.1. The highest BCUT2D eigenvalue weighted by atomic mass is 19.1. The van der Waals surface area contributed by atoms with Crippen molar-refractivity contribution < 1.29 is 9.13 Å². The van der Waals surface area contributed by atoms with Crippen molar-refractivity contribution in [1.82, 2.24) is 9.97 Å². The standard InChI is InChI=1S/C16H23FN4O/c1-3-4-8-19-15-13(9-20-16(18)21-15)22-10-12-7-5-6-11(2)14(12)17/h5-7,9,11,14H,3-4,8,10H2,1-2H3,(H3,18,19,20,21). The van der Waals surface area contributed by atoms with E-state index >= 15 is 0 Å². The third kappa shape index (κ3) is 4.19. The molecule has 0 saturated carbocycles. The Balaban J connectivity index is 2.02. The summed E-state index contributed by atoms with van der Waals surface area (Å²) in [7, 11) is 0. The van der Waals surface area contributed by atoms with Crippen molar-refractivity contribution in [2.75, 3.05) is 24.2 Å². The molecule has 1 aromatic heterocycles. The predicted molar refractivity (Wildman–Crippen MR) is 86.6 cm³/mol. The van der Waals surface area contributed by atoms with Crippen LogP contribution >= 0.6 is 0 Å². The Morgan fingerprint density at radius 2 is 2.27 bits per heavy atom. The SMILES string of the molecule is CCCCNc1nc(N)ncc1OCC1=CC=CC(C)C1F. The lowest BCUT2D eigenvalue weighted by atomic mass is 9.94. The first-order chi connectivity index (χ1) is 10.6. The number of nitrogens with one attached hydrogen (secondary N) is 1. The zero-order chi connectivity index (χ0) is 15.9. The van der Waals surface area contributed by atoms with Gasteiger partial charge in [-0.05, 0) is 6.42 Å². The number of nitrogens with zero attached hydrogens (tertiary/aromatic N) is 2. The molecule has 0 aromatic carbocycles. The summed E-state index contributed by atoms with van der Waals surface area (Å²) in [5, 5.41) is 3.18. The van der Waals surface area contributed by atoms with Gasteiger partial charge in [-0.2, -0.15) is 4.98 Å². The first-order valence-electron chi connectivity index (χ1n) is 7.62. The molecule has 2 rings (SSSR count). The summed E-state index contributed by atoms with van der Waals surface area (Å²) < 4.78 is 19.8. The van der Waals surface area contributed by atoms with Crippen LogP contribution in [0.25, 0.3) is 0 Å². The quantitative estimate of drug-likeness (QED) is 0.757. The number of nitrogens with two attached hydrogens (primary N) is 1. The van der Waals surface area contributed by atoms with E-state index in [-0.39, 0.29) is 18.5 Å². The Bertz CT molecular complexity index is 559. The molecule has 6 heteroatoms. The molecule has 2 atom stereocenters. The number of hydrogen-bond donors (Lipinski definition) is 2. The fraction of sp³-hybridized carbons (Fsp3) is 0.500. The summed E-state index contributed by atoms with van der Waals surface area (Å²) in [6.45, 7) is 4.90. The highest BCUT2D eigenvalue weighted by Gasteiger charge is 2.22. The van der Waals surface area contributed by atoms with Gasteiger partial charge < -0.3 is 15.8 Å². The van der Waals surface area contributed by atoms with Gasteiger partial charge in [0.15, 0.2) is 11.6 Å². The number of anilines is 2. The van der Waals surface area contributed by atoms with E-state index in [4.69, 9.17) is 10.5 Å². The third-order valence-electron chi connectivity index (χ3n) is 3.53. The fourth-order valence-electron chi connectivity index (χ4n) is 2.17. The number of unbranched alkanes of at least 4 members (excludes halogenated alkanes) is 1. The number of ether oxygens (including phenoxy) is 1. The van der Waals surface area contributed by atoms with E-state index in [1.807, 2.05) is 19.1 Å². The van der Waals surface area contributed by atoms with Crippen molar-refractivity contribution in [3.63, 3.8) is 0 Å². The second kappa shape index (κ2) is 7.77. The van der Waals surface area contributed by atoms with Crippen LogP contribution in [0.1, 0.15) is 26.7 Å². The van der Waals surface area contributed by atoms with Crippen molar-refractivity contribution in [1.29, 1.82) is 0 Å². The number of alkyl halides is 1. The average Bonchev–Trinajstić information content (AvgIpc) is 2.50. The topological polar surface area (TPSA) is 73.1 Å². The van der Waals surface area contributed by atoms with Gasteiger partial charge in [0.05, 0.1) is 6.20 Å². The summed E-state index contributed by atoms with van der Waals surface area (Å²) in [6.07, 6.45) is 8.06. The van der Waals surface area contributed by atoms with Gasteiger partial charge in [0.2, 0.25) is 5.95 Å². The molecule has 0 radical (unpaired) electrons. The first-order valence-corrected chi connectivity index (χ1v) is 7.62. The minimum atomic E-state index is -1.02. The van der Waals surface area contributed by atoms with E-state index in [0.717, 1.165) is 19.4 Å². The molecule has 22 heavy (non-hydrogen) atoms. The van der Waals surface area contributed by atoms with Crippen LogP contribution in [0, 0.1) is 5.92 Å². The van der Waals surface area contributed by atoms with Gasteiger partial charge in [-0.1, -0.05) is 38.5 Å². The molecule has 1 aliphatic rings. The van der Waals surface area contributed by atoms with Gasteiger partial charge in [-0.25, -0.2) is 9.37 Å². The normalized spacial score (nSPS) is 20.6. The van der Waals surface area contributed by atoms with Gasteiger partial charge in [0, 0.05) is 18.0 Å². The molecule has 0 aliphatic heterocycles. The maximum atomic E-state index is 14.1. The number of allylic oxidation sites excluding steroid dienone is 3. The van der Waals surface area contributed by atoms with Crippen LogP contribution in [0.15, 0.2) is 30.0 Å². The van der Waals surface area contributed by atoms with E-state index in [2.05, 4.69) is 22.2 Å². The highest BCUT2D eigenvalue weighted by Crippen LogP contribution is 2.26. The molecule has 5 nitrogen and oxygen atoms in total. The molecule has 0 amide bonds. The van der Waals surface area contributed by atoms with Crippen LogP contribution in [0.2, 0.25) is 0 Å². The van der Waals surface area contributed by atoms with Crippen molar-refractivity contribution in [3.05, 3.63) is 30.0 Å². The molecule has 0 saturated heterocycles. The second-order valence-electron chi connectivity index (χ2n) is 5.40. The van der Waals surface area contributed by atoms with Gasteiger partial charge in [0.25, 0.3) is 0 Å². The minimum Gasteiger partial charge on any atom is -0.484 e. The molecule has 0 bridgehead atoms. The van der Waals surface area contributed by atoms with Crippen LogP contribution < -0.4 is 15.8 Å². The molecule has 1 aliphatic carbocycles. The lowest BCUT2D eigenvalue weighted by Crippen LogP contribution is -2.21. The smallest absolute Gasteiger partial charge is 0.222 e. The van der Waals surface area contributed by atoms with E-state index in [0.29, 0.717) is 17.1 Å². The van der Waals surface area contributed by atoms with Crippen LogP contribution in [0.5, 0.6) is 5.75 Å². The maximum Gasteiger partial charge on any atom is 0.222 e. The number of nitrogen functional groups attached to an aromatic ring is 1. The van der Waals surface area contributed by atoms with E-state index in [1.54, 1.807) is 6.08 Å². The summed E-state index contributed by atoms with van der Waals surface area (Å²) >= 11 is 0. The number of hydrogen-bond acceptors (Lipinski definition) is 5. The summed E-state index contributed by atoms with van der Waals surface area (Å²) in [5.74, 6) is 1.09. The first kappa shape index (κ1) is 16.3. The number of aromatic nitrogens is 2. The Morgan fingerprint density at radius 1 is 1.45 bits per heavy atom. The largest absolute Gasteiger partial charge is 0.484 e. The molecule has 120 valence electrons. The minimum absolute atomic E-state index is 0.131. The summed E-state index contributed by atoms with van der Waals surface area (Å²) in [6, 6.07) is 0. The zero-order valence-corrected chi connectivity index (χ0v) is 13.1. The number of rotatable bonds is 7. The van der Waals surface area contributed by atoms with Gasteiger partial charge in [0.1, 0.15) is 12.8 Å². The Morgan fingerprint density at radius 3 is 3.05 bits per heavy atom. The molecule has 1 aromatic rings. The predicted octanol–water partition coefficient (Wildman–Crippen LogP) is 3.12. The van der Waals surface area contributed by atoms with E-state index in [9.17, 15) is 4.39 Å². The second-order valence-corrected chi connectivity index (χ2v) is 5.40. The lowest BCUT2D eigenvalue weighted by molar-refractivity contribution is 0.267. The molecule has 1 heterocycles. The van der Waals surface area contributed by atoms with Crippen LogP contribution in [0.3, 0.4) is 0 Å². The van der Waals surface area contributed by atoms with Crippen molar-refractivity contribution in [3.8, 4) is 5.75 Å². The summed E-state index contributed by atoms with van der Waals surface area (Å²) in [5.41, 5.74) is 6.23. The van der Waals surface area contributed by atoms with Crippen LogP contribution in [0.4, 0.5) is 16.2 Å². The molecule has 2 unspecified atom stereocenters. The molecular formula is C16H23FN4O. The Labute approximate surface area is 130 Å². The van der Waals surface area contributed by atoms with Gasteiger partial charge in [-0.3, -0.25) is 0 Å². The highest BCUT2D eigenvalue weighted by molar-refractivity contribution is 5.51. The van der Waals surface area contributed by atoms with Crippen molar-refractivity contribution in [2.24, 2.45) is 5.92 Å². The Kier molecular flexibility index (Phi) is 5.75. The average molecular weight is 306 g/mol. The molecule has 3 N–H and O–H groups in total. The van der Waals surface area contributed by atoms with Gasteiger partial charge in [-0.15, -0.1) is 0 Å². The van der Waals surface area contributed by atoms with Crippen LogP contribution in [-0.4, -0.2) is 29.3 Å². The van der Waals surface area contributed by atoms with E-state index in [1.165, 1.54) is 6.20 Å². The molecule has 0 spiro atoms. The monoisotopic (exact) mass is 306 g/mol. The van der Waals surface area contributed by atoms with Crippen molar-refractivity contribution >= 4 is 11.8 Å². The number of halogens is 1. The van der Waals surface area contributed by atoms with Gasteiger partial charge >= 0.3 is 0 Å². The fourth-order valence-corrected chi connectivity index (χ4v) is 2.17. The molecular weight excluding hydrogens is 283 g/mol. The lowest BCUT2D eigenvalue weighted by Gasteiger charge is -2.20. The summed E-state index contributed by atoms with van der Waals surface area (Å²) in [4.78, 5) is 8.09. The Hall–Kier alpha value is -2.11. The third-order valence-corrected chi connectivity index (χ3v) is 3.53. The van der Waals surface area contributed by atoms with Crippen molar-refractivity contribution in [2.45, 2.75) is 32.9 Å². The van der Waals surface area contributed by atoms with E-state index < -0.39 is 6.17 Å². The molecule has 0 fully saturated rings. The maximum absolute atomic E-state index is 14.1. The van der Waals surface area contributed by atoms with Crippen LogP contribution in [-0.2, 0) is 0 Å².